The molecular formula is C14H18FNOS. The molecule has 0 heterocycles. The van der Waals surface area contributed by atoms with E-state index in [1.165, 1.54) is 6.07 Å². The highest BCUT2D eigenvalue weighted by atomic mass is 32.2. The Hall–Kier alpha value is -1.03. The average molecular weight is 267 g/mol. The molecule has 1 fully saturated rings. The molecule has 18 heavy (non-hydrogen) atoms. The lowest BCUT2D eigenvalue weighted by Crippen LogP contribution is -2.27. The van der Waals surface area contributed by atoms with Gasteiger partial charge in [0.2, 0.25) is 5.91 Å². The minimum atomic E-state index is -0.152. The normalized spacial score (nSPS) is 21.7. The molecule has 1 saturated carbocycles. The second kappa shape index (κ2) is 6.23. The van der Waals surface area contributed by atoms with E-state index >= 15 is 0 Å². The molecule has 1 aromatic carbocycles. The van der Waals surface area contributed by atoms with Crippen molar-refractivity contribution in [1.29, 1.82) is 0 Å². The van der Waals surface area contributed by atoms with Gasteiger partial charge < -0.3 is 5.32 Å². The highest BCUT2D eigenvalue weighted by Gasteiger charge is 2.38. The molecule has 2 rings (SSSR count). The molecule has 1 N–H and O–H groups in total. The van der Waals surface area contributed by atoms with Crippen LogP contribution in [0, 0.1) is 17.7 Å². The summed E-state index contributed by atoms with van der Waals surface area (Å²) in [5.41, 5.74) is 0.727. The number of hydrogen-bond acceptors (Lipinski definition) is 2. The fourth-order valence-electron chi connectivity index (χ4n) is 1.86. The van der Waals surface area contributed by atoms with Gasteiger partial charge in [0.15, 0.2) is 0 Å². The lowest BCUT2D eigenvalue weighted by molar-refractivity contribution is -0.122. The van der Waals surface area contributed by atoms with E-state index in [0.29, 0.717) is 18.2 Å². The summed E-state index contributed by atoms with van der Waals surface area (Å²) in [5, 5.41) is 2.92. The van der Waals surface area contributed by atoms with E-state index in [1.54, 1.807) is 23.9 Å². The molecule has 98 valence electrons. The summed E-state index contributed by atoms with van der Waals surface area (Å²) >= 11 is 1.64. The van der Waals surface area contributed by atoms with E-state index in [2.05, 4.69) is 12.2 Å². The van der Waals surface area contributed by atoms with E-state index in [9.17, 15) is 9.18 Å². The molecule has 2 unspecified atom stereocenters. The zero-order valence-corrected chi connectivity index (χ0v) is 11.3. The van der Waals surface area contributed by atoms with Crippen LogP contribution in [0.3, 0.4) is 0 Å². The maximum Gasteiger partial charge on any atom is 0.223 e. The van der Waals surface area contributed by atoms with Crippen LogP contribution in [0.2, 0.25) is 0 Å². The van der Waals surface area contributed by atoms with Gasteiger partial charge in [0, 0.05) is 24.0 Å². The molecule has 1 amide bonds. The molecule has 1 aromatic rings. The number of benzene rings is 1. The van der Waals surface area contributed by atoms with E-state index < -0.39 is 0 Å². The Bertz CT molecular complexity index is 424. The van der Waals surface area contributed by atoms with Crippen molar-refractivity contribution in [2.24, 2.45) is 11.8 Å². The summed E-state index contributed by atoms with van der Waals surface area (Å²) in [6.45, 7) is 2.76. The highest BCUT2D eigenvalue weighted by molar-refractivity contribution is 7.98. The van der Waals surface area contributed by atoms with Crippen molar-refractivity contribution in [1.82, 2.24) is 5.32 Å². The second-order valence-electron chi connectivity index (χ2n) is 4.75. The van der Waals surface area contributed by atoms with Crippen LogP contribution in [-0.2, 0) is 10.5 Å². The summed E-state index contributed by atoms with van der Waals surface area (Å²) in [4.78, 5) is 11.5. The van der Waals surface area contributed by atoms with Crippen LogP contribution in [0.1, 0.15) is 18.9 Å². The van der Waals surface area contributed by atoms with Crippen LogP contribution in [0.5, 0.6) is 0 Å². The number of thioether (sulfide) groups is 1. The van der Waals surface area contributed by atoms with Crippen molar-refractivity contribution >= 4 is 17.7 Å². The third-order valence-corrected chi connectivity index (χ3v) is 4.22. The first-order chi connectivity index (χ1) is 8.68. The monoisotopic (exact) mass is 267 g/mol. The molecular weight excluding hydrogens is 249 g/mol. The van der Waals surface area contributed by atoms with Gasteiger partial charge in [0.05, 0.1) is 0 Å². The largest absolute Gasteiger partial charge is 0.355 e. The smallest absolute Gasteiger partial charge is 0.223 e. The van der Waals surface area contributed by atoms with Crippen molar-refractivity contribution in [2.75, 3.05) is 12.3 Å². The van der Waals surface area contributed by atoms with Crippen LogP contribution >= 0.6 is 11.8 Å². The van der Waals surface area contributed by atoms with Gasteiger partial charge in [-0.2, -0.15) is 11.8 Å². The summed E-state index contributed by atoms with van der Waals surface area (Å²) in [6, 6.07) is 6.81. The lowest BCUT2D eigenvalue weighted by atomic mass is 10.2. The number of halogens is 1. The van der Waals surface area contributed by atoms with E-state index in [4.69, 9.17) is 0 Å². The Morgan fingerprint density at radius 2 is 2.22 bits per heavy atom. The predicted molar refractivity (Wildman–Crippen MR) is 72.8 cm³/mol. The van der Waals surface area contributed by atoms with Gasteiger partial charge in [-0.3, -0.25) is 4.79 Å². The molecule has 1 aliphatic carbocycles. The first-order valence-electron chi connectivity index (χ1n) is 6.27. The zero-order chi connectivity index (χ0) is 13.0. The minimum Gasteiger partial charge on any atom is -0.355 e. The molecule has 0 bridgehead atoms. The van der Waals surface area contributed by atoms with E-state index in [0.717, 1.165) is 17.7 Å². The predicted octanol–water partition coefficient (Wildman–Crippen LogP) is 2.83. The SMILES string of the molecule is CC1CC1C(=O)NCCSCc1ccccc1F. The van der Waals surface area contributed by atoms with Gasteiger partial charge >= 0.3 is 0 Å². The summed E-state index contributed by atoms with van der Waals surface area (Å²) in [7, 11) is 0. The highest BCUT2D eigenvalue weighted by Crippen LogP contribution is 2.37. The Labute approximate surface area is 111 Å². The van der Waals surface area contributed by atoms with Crippen molar-refractivity contribution in [3.8, 4) is 0 Å². The third kappa shape index (κ3) is 3.73. The van der Waals surface area contributed by atoms with Gasteiger partial charge in [-0.1, -0.05) is 25.1 Å². The van der Waals surface area contributed by atoms with Gasteiger partial charge in [-0.05, 0) is 24.0 Å². The Morgan fingerprint density at radius 1 is 1.50 bits per heavy atom. The fourth-order valence-corrected chi connectivity index (χ4v) is 2.71. The van der Waals surface area contributed by atoms with E-state index in [-0.39, 0.29) is 17.6 Å². The van der Waals surface area contributed by atoms with E-state index in [1.807, 2.05) is 6.07 Å². The number of nitrogens with one attached hydrogen (secondary N) is 1. The second-order valence-corrected chi connectivity index (χ2v) is 5.86. The molecule has 0 saturated heterocycles. The molecule has 1 aliphatic rings. The molecule has 2 atom stereocenters. The van der Waals surface area contributed by atoms with Crippen LogP contribution in [-0.4, -0.2) is 18.2 Å². The molecule has 2 nitrogen and oxygen atoms in total. The summed E-state index contributed by atoms with van der Waals surface area (Å²) in [5.74, 6) is 2.29. The topological polar surface area (TPSA) is 29.1 Å². The maximum absolute atomic E-state index is 13.3. The van der Waals surface area contributed by atoms with Crippen LogP contribution in [0.15, 0.2) is 24.3 Å². The Balaban J connectivity index is 1.59. The van der Waals surface area contributed by atoms with Crippen molar-refractivity contribution in [3.05, 3.63) is 35.6 Å². The molecule has 0 aliphatic heterocycles. The van der Waals surface area contributed by atoms with Crippen molar-refractivity contribution < 1.29 is 9.18 Å². The quantitative estimate of drug-likeness (QED) is 0.803. The first-order valence-corrected chi connectivity index (χ1v) is 7.43. The molecule has 0 spiro atoms. The van der Waals surface area contributed by atoms with Crippen LogP contribution < -0.4 is 5.32 Å². The number of hydrogen-bond donors (Lipinski definition) is 1. The first kappa shape index (κ1) is 13.4. The van der Waals surface area contributed by atoms with Gasteiger partial charge in [0.25, 0.3) is 0 Å². The van der Waals surface area contributed by atoms with Crippen molar-refractivity contribution in [2.45, 2.75) is 19.1 Å². The number of amides is 1. The Kier molecular flexibility index (Phi) is 4.64. The Morgan fingerprint density at radius 3 is 2.89 bits per heavy atom. The molecule has 0 aromatic heterocycles. The fraction of sp³-hybridized carbons (Fsp3) is 0.500. The lowest BCUT2D eigenvalue weighted by Gasteiger charge is -2.05. The van der Waals surface area contributed by atoms with Crippen LogP contribution in [0.25, 0.3) is 0 Å². The zero-order valence-electron chi connectivity index (χ0n) is 10.5. The number of rotatable bonds is 6. The van der Waals surface area contributed by atoms with Crippen LogP contribution in [0.4, 0.5) is 4.39 Å². The average Bonchev–Trinajstić information content (AvgIpc) is 3.08. The number of carbonyl (C=O) groups excluding carboxylic acids is 1. The third-order valence-electron chi connectivity index (χ3n) is 3.21. The summed E-state index contributed by atoms with van der Waals surface area (Å²) < 4.78 is 13.3. The molecule has 0 radical (unpaired) electrons. The molecule has 4 heteroatoms. The summed E-state index contributed by atoms with van der Waals surface area (Å²) in [6.07, 6.45) is 1.02. The van der Waals surface area contributed by atoms with Gasteiger partial charge in [-0.25, -0.2) is 4.39 Å². The number of carbonyl (C=O) groups is 1. The van der Waals surface area contributed by atoms with Crippen molar-refractivity contribution in [3.63, 3.8) is 0 Å². The van der Waals surface area contributed by atoms with Gasteiger partial charge in [0.1, 0.15) is 5.82 Å². The maximum atomic E-state index is 13.3. The standard InChI is InChI=1S/C14H18FNOS/c1-10-8-12(10)14(17)16-6-7-18-9-11-4-2-3-5-13(11)15/h2-5,10,12H,6-9H2,1H3,(H,16,17). The van der Waals surface area contributed by atoms with Gasteiger partial charge in [-0.15, -0.1) is 0 Å². The minimum absolute atomic E-state index is 0.152.